The number of nitrogens with two attached hydrogens (primary N) is 1. The van der Waals surface area contributed by atoms with Gasteiger partial charge >= 0.3 is 0 Å². The minimum Gasteiger partial charge on any atom is -0.364 e. The minimum atomic E-state index is -0.597. The van der Waals surface area contributed by atoms with Crippen LogP contribution in [0.4, 0.5) is 0 Å². The molecule has 3 N–H and O–H groups in total. The fourth-order valence-corrected chi connectivity index (χ4v) is 1.95. The molecule has 0 fully saturated rings. The van der Waals surface area contributed by atoms with Crippen LogP contribution in [0.5, 0.6) is 0 Å². The number of hydrogen-bond acceptors (Lipinski definition) is 2. The molecular weight excluding hydrogens is 284 g/mol. The van der Waals surface area contributed by atoms with Gasteiger partial charge in [0.25, 0.3) is 5.91 Å². The summed E-state index contributed by atoms with van der Waals surface area (Å²) in [5, 5.41) is 7.53. The van der Waals surface area contributed by atoms with Crippen molar-refractivity contribution in [1.29, 1.82) is 0 Å². The topological polar surface area (TPSA) is 71.8 Å². The first-order valence-corrected chi connectivity index (χ1v) is 5.62. The summed E-state index contributed by atoms with van der Waals surface area (Å²) in [6, 6.07) is 4.58. The number of primary amides is 1. The second-order valence-corrected chi connectivity index (χ2v) is 4.50. The highest BCUT2D eigenvalue weighted by Crippen LogP contribution is 2.34. The van der Waals surface area contributed by atoms with Gasteiger partial charge < -0.3 is 5.73 Å². The number of nitrogens with one attached hydrogen (secondary N) is 1. The molecule has 2 rings (SSSR count). The van der Waals surface area contributed by atoms with Crippen molar-refractivity contribution < 1.29 is 4.79 Å². The fourth-order valence-electron chi connectivity index (χ4n) is 1.30. The number of rotatable bonds is 2. The molecule has 1 aromatic carbocycles. The summed E-state index contributed by atoms with van der Waals surface area (Å²) in [5.74, 6) is -0.597. The molecule has 0 saturated carbocycles. The van der Waals surface area contributed by atoms with E-state index in [1.807, 2.05) is 0 Å². The van der Waals surface area contributed by atoms with Crippen molar-refractivity contribution in [3.8, 4) is 11.3 Å². The summed E-state index contributed by atoms with van der Waals surface area (Å²) >= 11 is 17.7. The van der Waals surface area contributed by atoms with E-state index in [2.05, 4.69) is 10.2 Å². The van der Waals surface area contributed by atoms with Gasteiger partial charge in [-0.3, -0.25) is 9.89 Å². The lowest BCUT2D eigenvalue weighted by Gasteiger charge is -2.02. The molecule has 0 saturated heterocycles. The molecule has 0 spiro atoms. The average Bonchev–Trinajstić information content (AvgIpc) is 2.72. The molecule has 0 radical (unpaired) electrons. The van der Waals surface area contributed by atoms with Crippen molar-refractivity contribution >= 4 is 40.7 Å². The third-order valence-corrected chi connectivity index (χ3v) is 3.16. The van der Waals surface area contributed by atoms with Crippen LogP contribution < -0.4 is 5.73 Å². The first-order valence-electron chi connectivity index (χ1n) is 4.49. The predicted octanol–water partition coefficient (Wildman–Crippen LogP) is 3.14. The molecule has 0 bridgehead atoms. The van der Waals surface area contributed by atoms with Gasteiger partial charge in [0.15, 0.2) is 0 Å². The zero-order valence-electron chi connectivity index (χ0n) is 8.30. The molecule has 1 amide bonds. The Hall–Kier alpha value is -1.23. The van der Waals surface area contributed by atoms with E-state index >= 15 is 0 Å². The van der Waals surface area contributed by atoms with Crippen LogP contribution >= 0.6 is 34.8 Å². The van der Waals surface area contributed by atoms with Crippen LogP contribution in [0.2, 0.25) is 15.1 Å². The zero-order chi connectivity index (χ0) is 12.6. The van der Waals surface area contributed by atoms with Crippen LogP contribution in [-0.4, -0.2) is 16.1 Å². The van der Waals surface area contributed by atoms with Crippen molar-refractivity contribution in [2.24, 2.45) is 5.73 Å². The number of aromatic nitrogens is 2. The van der Waals surface area contributed by atoms with Crippen molar-refractivity contribution in [1.82, 2.24) is 10.2 Å². The van der Waals surface area contributed by atoms with E-state index in [0.717, 1.165) is 0 Å². The van der Waals surface area contributed by atoms with Crippen molar-refractivity contribution in [3.05, 3.63) is 39.0 Å². The summed E-state index contributed by atoms with van der Waals surface area (Å²) in [6.07, 6.45) is 0. The molecule has 0 aliphatic carbocycles. The Morgan fingerprint density at radius 2 is 1.76 bits per heavy atom. The molecule has 4 nitrogen and oxygen atoms in total. The van der Waals surface area contributed by atoms with Gasteiger partial charge in [0.2, 0.25) is 0 Å². The summed E-state index contributed by atoms with van der Waals surface area (Å²) in [5.41, 5.74) is 6.35. The number of halogens is 3. The molecule has 1 aromatic heterocycles. The number of benzene rings is 1. The number of nitrogens with zero attached hydrogens (tertiary/aromatic N) is 1. The zero-order valence-corrected chi connectivity index (χ0v) is 10.6. The maximum Gasteiger partial charge on any atom is 0.266 e. The number of hydrogen-bond donors (Lipinski definition) is 2. The van der Waals surface area contributed by atoms with Gasteiger partial charge in [0, 0.05) is 5.56 Å². The highest BCUT2D eigenvalue weighted by Gasteiger charge is 2.12. The normalized spacial score (nSPS) is 10.5. The number of H-pyrrole nitrogens is 1. The molecule has 0 aliphatic rings. The molecule has 7 heteroatoms. The highest BCUT2D eigenvalue weighted by molar-refractivity contribution is 6.44. The number of carbonyl (C=O) groups excluding carboxylic acids is 1. The second kappa shape index (κ2) is 4.56. The Labute approximate surface area is 112 Å². The van der Waals surface area contributed by atoms with Gasteiger partial charge in [-0.05, 0) is 18.2 Å². The molecule has 1 heterocycles. The third-order valence-electron chi connectivity index (χ3n) is 2.13. The molecule has 17 heavy (non-hydrogen) atoms. The fraction of sp³-hybridized carbons (Fsp3) is 0. The smallest absolute Gasteiger partial charge is 0.266 e. The lowest BCUT2D eigenvalue weighted by atomic mass is 10.1. The van der Waals surface area contributed by atoms with Crippen LogP contribution in [0.15, 0.2) is 18.2 Å². The number of aromatic amines is 1. The van der Waals surface area contributed by atoms with Gasteiger partial charge in [-0.1, -0.05) is 34.8 Å². The summed E-state index contributed by atoms with van der Waals surface area (Å²) in [6.45, 7) is 0. The lowest BCUT2D eigenvalue weighted by molar-refractivity contribution is 0.0995. The van der Waals surface area contributed by atoms with E-state index < -0.39 is 5.91 Å². The Morgan fingerprint density at radius 3 is 2.35 bits per heavy atom. The number of carbonyl (C=O) groups is 1. The second-order valence-electron chi connectivity index (χ2n) is 3.28. The first kappa shape index (κ1) is 12.2. The van der Waals surface area contributed by atoms with Crippen molar-refractivity contribution in [2.75, 3.05) is 0 Å². The quantitative estimate of drug-likeness (QED) is 0.834. The molecule has 88 valence electrons. The summed E-state index contributed by atoms with van der Waals surface area (Å²) in [7, 11) is 0. The molecule has 0 aliphatic heterocycles. The van der Waals surface area contributed by atoms with Gasteiger partial charge in [-0.15, -0.1) is 0 Å². The Morgan fingerprint density at radius 1 is 1.12 bits per heavy atom. The van der Waals surface area contributed by atoms with Crippen LogP contribution in [0.25, 0.3) is 11.3 Å². The molecule has 0 atom stereocenters. The van der Waals surface area contributed by atoms with Gasteiger partial charge in [-0.25, -0.2) is 0 Å². The Bertz CT molecular complexity index is 594. The van der Waals surface area contributed by atoms with E-state index in [1.54, 1.807) is 6.07 Å². The third kappa shape index (κ3) is 2.39. The standard InChI is InChI=1S/C10H6Cl3N3O/c11-5-2-7(13)6(12)1-4(5)8-3-9(10(14)17)16-15-8/h1-3H,(H2,14,17)(H,15,16). The monoisotopic (exact) mass is 289 g/mol. The molecule has 0 unspecified atom stereocenters. The van der Waals surface area contributed by atoms with Crippen LogP contribution in [0.1, 0.15) is 10.5 Å². The van der Waals surface area contributed by atoms with Gasteiger partial charge in [0.05, 0.1) is 20.8 Å². The van der Waals surface area contributed by atoms with Gasteiger partial charge in [-0.2, -0.15) is 5.10 Å². The average molecular weight is 291 g/mol. The van der Waals surface area contributed by atoms with E-state index in [4.69, 9.17) is 40.5 Å². The maximum absolute atomic E-state index is 10.9. The summed E-state index contributed by atoms with van der Waals surface area (Å²) < 4.78 is 0. The van der Waals surface area contributed by atoms with Crippen LogP contribution in [-0.2, 0) is 0 Å². The summed E-state index contributed by atoms with van der Waals surface area (Å²) in [4.78, 5) is 10.9. The first-order chi connectivity index (χ1) is 7.99. The van der Waals surface area contributed by atoms with Crippen LogP contribution in [0.3, 0.4) is 0 Å². The Kier molecular flexibility index (Phi) is 3.28. The van der Waals surface area contributed by atoms with Crippen LogP contribution in [0, 0.1) is 0 Å². The minimum absolute atomic E-state index is 0.196. The van der Waals surface area contributed by atoms with E-state index in [9.17, 15) is 4.79 Å². The largest absolute Gasteiger partial charge is 0.364 e. The van der Waals surface area contributed by atoms with Crippen molar-refractivity contribution in [2.45, 2.75) is 0 Å². The molecular formula is C10H6Cl3N3O. The van der Waals surface area contributed by atoms with E-state index in [0.29, 0.717) is 26.3 Å². The SMILES string of the molecule is NC(=O)c1cc(-c2cc(Cl)c(Cl)cc2Cl)n[nH]1. The highest BCUT2D eigenvalue weighted by atomic mass is 35.5. The lowest BCUT2D eigenvalue weighted by Crippen LogP contribution is -2.10. The van der Waals surface area contributed by atoms with Crippen molar-refractivity contribution in [3.63, 3.8) is 0 Å². The number of amides is 1. The predicted molar refractivity (Wildman–Crippen MR) is 67.6 cm³/mol. The van der Waals surface area contributed by atoms with Gasteiger partial charge in [0.1, 0.15) is 5.69 Å². The Balaban J connectivity index is 2.52. The molecule has 2 aromatic rings. The van der Waals surface area contributed by atoms with E-state index in [-0.39, 0.29) is 5.69 Å². The maximum atomic E-state index is 10.9. The van der Waals surface area contributed by atoms with E-state index in [1.165, 1.54) is 12.1 Å².